The Kier molecular flexibility index (Phi) is 7.11. The van der Waals surface area contributed by atoms with Crippen LogP contribution < -0.4 is 11.1 Å². The van der Waals surface area contributed by atoms with Crippen LogP contribution in [-0.4, -0.2) is 18.5 Å². The Morgan fingerprint density at radius 2 is 2.00 bits per heavy atom. The van der Waals surface area contributed by atoms with E-state index in [-0.39, 0.29) is 5.91 Å². The lowest BCUT2D eigenvalue weighted by Gasteiger charge is -2.16. The van der Waals surface area contributed by atoms with Crippen molar-refractivity contribution < 1.29 is 4.79 Å². The van der Waals surface area contributed by atoms with Gasteiger partial charge in [-0.2, -0.15) is 0 Å². The molecular weight excluding hydrogens is 224 g/mol. The van der Waals surface area contributed by atoms with Gasteiger partial charge in [0.05, 0.1) is 0 Å². The lowest BCUT2D eigenvalue weighted by molar-refractivity contribution is -0.118. The van der Waals surface area contributed by atoms with Crippen LogP contribution in [0.2, 0.25) is 0 Å². The second-order valence-corrected chi connectivity index (χ2v) is 4.67. The van der Waals surface area contributed by atoms with Gasteiger partial charge >= 0.3 is 0 Å². The fourth-order valence-electron chi connectivity index (χ4n) is 1.99. The maximum Gasteiger partial charge on any atom is 0.217 e. The van der Waals surface area contributed by atoms with Crippen LogP contribution in [0.5, 0.6) is 0 Å². The van der Waals surface area contributed by atoms with Gasteiger partial charge in [-0.1, -0.05) is 37.3 Å². The molecule has 100 valence electrons. The minimum Gasteiger partial charge on any atom is -0.370 e. The number of primary amides is 1. The zero-order valence-electron chi connectivity index (χ0n) is 11.2. The van der Waals surface area contributed by atoms with Gasteiger partial charge in [-0.25, -0.2) is 0 Å². The number of nitrogens with one attached hydrogen (secondary N) is 1. The molecule has 0 bridgehead atoms. The van der Waals surface area contributed by atoms with Gasteiger partial charge in [0.1, 0.15) is 0 Å². The van der Waals surface area contributed by atoms with Crippen molar-refractivity contribution in [1.82, 2.24) is 5.32 Å². The van der Waals surface area contributed by atoms with E-state index in [0.29, 0.717) is 12.5 Å². The lowest BCUT2D eigenvalue weighted by Crippen LogP contribution is -2.31. The highest BCUT2D eigenvalue weighted by molar-refractivity contribution is 5.73. The highest BCUT2D eigenvalue weighted by Gasteiger charge is 2.06. The first-order valence-corrected chi connectivity index (χ1v) is 6.78. The Morgan fingerprint density at radius 3 is 2.61 bits per heavy atom. The van der Waals surface area contributed by atoms with E-state index < -0.39 is 0 Å². The normalized spacial score (nSPS) is 12.3. The van der Waals surface area contributed by atoms with Crippen molar-refractivity contribution in [2.45, 2.75) is 45.1 Å². The summed E-state index contributed by atoms with van der Waals surface area (Å²) in [6, 6.07) is 11.0. The van der Waals surface area contributed by atoms with Crippen LogP contribution in [0.25, 0.3) is 0 Å². The third kappa shape index (κ3) is 6.40. The van der Waals surface area contributed by atoms with Crippen molar-refractivity contribution in [3.8, 4) is 0 Å². The first-order valence-electron chi connectivity index (χ1n) is 6.78. The highest BCUT2D eigenvalue weighted by Crippen LogP contribution is 2.05. The summed E-state index contributed by atoms with van der Waals surface area (Å²) in [5, 5.41) is 3.54. The maximum absolute atomic E-state index is 10.6. The largest absolute Gasteiger partial charge is 0.370 e. The molecule has 3 nitrogen and oxygen atoms in total. The van der Waals surface area contributed by atoms with Gasteiger partial charge in [0.25, 0.3) is 0 Å². The van der Waals surface area contributed by atoms with Crippen LogP contribution in [0, 0.1) is 0 Å². The third-order valence-electron chi connectivity index (χ3n) is 3.10. The third-order valence-corrected chi connectivity index (χ3v) is 3.10. The predicted molar refractivity (Wildman–Crippen MR) is 75.3 cm³/mol. The molecular formula is C15H24N2O. The summed E-state index contributed by atoms with van der Waals surface area (Å²) in [6.07, 6.45) is 4.56. The van der Waals surface area contributed by atoms with Crippen LogP contribution in [0.1, 0.15) is 38.2 Å². The molecule has 0 spiro atoms. The smallest absolute Gasteiger partial charge is 0.217 e. The minimum absolute atomic E-state index is 0.202. The lowest BCUT2D eigenvalue weighted by atomic mass is 10.0. The Labute approximate surface area is 110 Å². The summed E-state index contributed by atoms with van der Waals surface area (Å²) in [5.74, 6) is -0.202. The molecule has 1 atom stereocenters. The van der Waals surface area contributed by atoms with Gasteiger partial charge in [-0.05, 0) is 37.8 Å². The van der Waals surface area contributed by atoms with E-state index in [9.17, 15) is 4.79 Å². The van der Waals surface area contributed by atoms with Crippen LogP contribution in [0.4, 0.5) is 0 Å². The monoisotopic (exact) mass is 248 g/mol. The van der Waals surface area contributed by atoms with E-state index in [2.05, 4.69) is 36.5 Å². The van der Waals surface area contributed by atoms with E-state index in [4.69, 9.17) is 5.73 Å². The summed E-state index contributed by atoms with van der Waals surface area (Å²) >= 11 is 0. The second-order valence-electron chi connectivity index (χ2n) is 4.67. The number of unbranched alkanes of at least 4 members (excludes halogenated alkanes) is 1. The van der Waals surface area contributed by atoms with Gasteiger partial charge in [0, 0.05) is 12.5 Å². The van der Waals surface area contributed by atoms with E-state index >= 15 is 0 Å². The van der Waals surface area contributed by atoms with E-state index in [1.54, 1.807) is 0 Å². The average Bonchev–Trinajstić information content (AvgIpc) is 2.38. The molecule has 1 aromatic rings. The Hall–Kier alpha value is -1.35. The second kappa shape index (κ2) is 8.70. The Bertz CT molecular complexity index is 338. The van der Waals surface area contributed by atoms with Gasteiger partial charge in [0.15, 0.2) is 0 Å². The molecule has 3 heteroatoms. The number of carbonyl (C=O) groups is 1. The number of hydrogen-bond acceptors (Lipinski definition) is 2. The molecule has 0 saturated carbocycles. The molecule has 0 aliphatic rings. The number of hydrogen-bond donors (Lipinski definition) is 2. The van der Waals surface area contributed by atoms with Crippen molar-refractivity contribution in [1.29, 1.82) is 0 Å². The van der Waals surface area contributed by atoms with Crippen LogP contribution >= 0.6 is 0 Å². The van der Waals surface area contributed by atoms with Crippen molar-refractivity contribution >= 4 is 5.91 Å². The standard InChI is InChI=1S/C15H24N2O/c1-2-14(12-13-8-4-3-5-9-13)17-11-7-6-10-15(16)18/h3-5,8-9,14,17H,2,6-7,10-12H2,1H3,(H2,16,18). The topological polar surface area (TPSA) is 55.1 Å². The summed E-state index contributed by atoms with van der Waals surface area (Å²) < 4.78 is 0. The summed E-state index contributed by atoms with van der Waals surface area (Å²) in [6.45, 7) is 3.16. The molecule has 0 aliphatic carbocycles. The van der Waals surface area contributed by atoms with E-state index in [1.807, 2.05) is 6.07 Å². The number of amides is 1. The first-order chi connectivity index (χ1) is 8.72. The van der Waals surface area contributed by atoms with Crippen LogP contribution in [-0.2, 0) is 11.2 Å². The molecule has 0 heterocycles. The quantitative estimate of drug-likeness (QED) is 0.659. The Morgan fingerprint density at radius 1 is 1.28 bits per heavy atom. The molecule has 18 heavy (non-hydrogen) atoms. The molecule has 0 radical (unpaired) electrons. The molecule has 0 aromatic heterocycles. The summed E-state index contributed by atoms with van der Waals surface area (Å²) in [7, 11) is 0. The van der Waals surface area contributed by atoms with Gasteiger partial charge in [-0.3, -0.25) is 4.79 Å². The molecule has 1 aromatic carbocycles. The zero-order chi connectivity index (χ0) is 13.2. The molecule has 3 N–H and O–H groups in total. The van der Waals surface area contributed by atoms with Crippen molar-refractivity contribution in [3.05, 3.63) is 35.9 Å². The summed E-state index contributed by atoms with van der Waals surface area (Å²) in [5.41, 5.74) is 6.47. The number of rotatable bonds is 9. The minimum atomic E-state index is -0.202. The molecule has 0 aliphatic heterocycles. The van der Waals surface area contributed by atoms with E-state index in [0.717, 1.165) is 32.2 Å². The summed E-state index contributed by atoms with van der Waals surface area (Å²) in [4.78, 5) is 10.6. The van der Waals surface area contributed by atoms with Gasteiger partial charge < -0.3 is 11.1 Å². The van der Waals surface area contributed by atoms with E-state index in [1.165, 1.54) is 5.56 Å². The zero-order valence-corrected chi connectivity index (χ0v) is 11.2. The fourth-order valence-corrected chi connectivity index (χ4v) is 1.99. The van der Waals surface area contributed by atoms with Crippen molar-refractivity contribution in [2.75, 3.05) is 6.54 Å². The number of benzene rings is 1. The fraction of sp³-hybridized carbons (Fsp3) is 0.533. The number of nitrogens with two attached hydrogens (primary N) is 1. The average molecular weight is 248 g/mol. The van der Waals surface area contributed by atoms with Crippen LogP contribution in [0.3, 0.4) is 0 Å². The maximum atomic E-state index is 10.6. The van der Waals surface area contributed by atoms with Gasteiger partial charge in [0.2, 0.25) is 5.91 Å². The predicted octanol–water partition coefficient (Wildman–Crippen LogP) is 2.25. The SMILES string of the molecule is CCC(Cc1ccccc1)NCCCCC(N)=O. The molecule has 1 rings (SSSR count). The molecule has 0 saturated heterocycles. The van der Waals surface area contributed by atoms with Crippen molar-refractivity contribution in [2.24, 2.45) is 5.73 Å². The van der Waals surface area contributed by atoms with Crippen LogP contribution in [0.15, 0.2) is 30.3 Å². The first kappa shape index (κ1) is 14.7. The molecule has 1 unspecified atom stereocenters. The molecule has 0 fully saturated rings. The van der Waals surface area contributed by atoms with Gasteiger partial charge in [-0.15, -0.1) is 0 Å². The Balaban J connectivity index is 2.20. The molecule has 1 amide bonds. The highest BCUT2D eigenvalue weighted by atomic mass is 16.1. The van der Waals surface area contributed by atoms with Crippen molar-refractivity contribution in [3.63, 3.8) is 0 Å². The number of carbonyl (C=O) groups excluding carboxylic acids is 1.